The zero-order valence-corrected chi connectivity index (χ0v) is 14.9. The fraction of sp³-hybridized carbons (Fsp3) is 0.211. The van der Waals surface area contributed by atoms with Gasteiger partial charge in [0.15, 0.2) is 0 Å². The van der Waals surface area contributed by atoms with Crippen molar-refractivity contribution in [1.82, 2.24) is 0 Å². The molecule has 1 saturated heterocycles. The van der Waals surface area contributed by atoms with Crippen LogP contribution in [0, 0.1) is 0 Å². The van der Waals surface area contributed by atoms with Crippen LogP contribution >= 0.6 is 11.6 Å². The molecule has 2 aromatic rings. The number of halogens is 1. The Balaban J connectivity index is 1.77. The minimum atomic E-state index is -0.444. The molecule has 0 bridgehead atoms. The molecule has 0 atom stereocenters. The van der Waals surface area contributed by atoms with Crippen molar-refractivity contribution >= 4 is 40.8 Å². The second kappa shape index (κ2) is 7.58. The van der Waals surface area contributed by atoms with Gasteiger partial charge in [-0.15, -0.1) is 0 Å². The molecule has 1 fully saturated rings. The summed E-state index contributed by atoms with van der Waals surface area (Å²) in [6, 6.07) is 11.2. The van der Waals surface area contributed by atoms with Gasteiger partial charge in [-0.05, 0) is 48.9 Å². The summed E-state index contributed by atoms with van der Waals surface area (Å²) in [5.74, 6) is -0.774. The predicted molar refractivity (Wildman–Crippen MR) is 98.8 cm³/mol. The van der Waals surface area contributed by atoms with E-state index < -0.39 is 5.97 Å². The number of carbonyl (C=O) groups is 3. The minimum Gasteiger partial charge on any atom is -0.465 e. The zero-order chi connectivity index (χ0) is 18.7. The third-order valence-electron chi connectivity index (χ3n) is 4.14. The quantitative estimate of drug-likeness (QED) is 0.833. The monoisotopic (exact) mass is 372 g/mol. The van der Waals surface area contributed by atoms with E-state index >= 15 is 0 Å². The average Bonchev–Trinajstić information content (AvgIpc) is 3.07. The molecule has 1 aliphatic heterocycles. The molecule has 0 saturated carbocycles. The van der Waals surface area contributed by atoms with Crippen molar-refractivity contribution in [2.75, 3.05) is 23.9 Å². The lowest BCUT2D eigenvalue weighted by atomic mass is 10.1. The summed E-state index contributed by atoms with van der Waals surface area (Å²) in [7, 11) is 1.31. The van der Waals surface area contributed by atoms with Crippen LogP contribution in [-0.2, 0) is 9.53 Å². The van der Waals surface area contributed by atoms with E-state index in [1.54, 1.807) is 47.4 Å². The van der Waals surface area contributed by atoms with Crippen LogP contribution in [0.2, 0.25) is 5.02 Å². The summed E-state index contributed by atoms with van der Waals surface area (Å²) in [5.41, 5.74) is 1.87. The largest absolute Gasteiger partial charge is 0.465 e. The first-order valence-electron chi connectivity index (χ1n) is 8.09. The number of ether oxygens (including phenoxy) is 1. The first-order valence-corrected chi connectivity index (χ1v) is 8.47. The molecule has 0 aliphatic carbocycles. The Bertz CT molecular complexity index is 864. The summed E-state index contributed by atoms with van der Waals surface area (Å²) >= 11 is 6.20. The minimum absolute atomic E-state index is 0.00265. The molecule has 2 amide bonds. The maximum absolute atomic E-state index is 12.5. The van der Waals surface area contributed by atoms with Gasteiger partial charge in [-0.1, -0.05) is 11.6 Å². The number of benzene rings is 2. The van der Waals surface area contributed by atoms with Crippen molar-refractivity contribution < 1.29 is 19.1 Å². The smallest absolute Gasteiger partial charge is 0.337 e. The fourth-order valence-electron chi connectivity index (χ4n) is 2.77. The Morgan fingerprint density at radius 2 is 1.81 bits per heavy atom. The molecule has 3 rings (SSSR count). The second-order valence-corrected chi connectivity index (χ2v) is 6.25. The van der Waals surface area contributed by atoms with Crippen LogP contribution in [0.1, 0.15) is 33.6 Å². The molecule has 0 radical (unpaired) electrons. The van der Waals surface area contributed by atoms with E-state index in [1.165, 1.54) is 7.11 Å². The molecule has 2 aromatic carbocycles. The molecule has 134 valence electrons. The highest BCUT2D eigenvalue weighted by Crippen LogP contribution is 2.30. The molecule has 6 nitrogen and oxygen atoms in total. The maximum Gasteiger partial charge on any atom is 0.337 e. The van der Waals surface area contributed by atoms with Gasteiger partial charge < -0.3 is 15.0 Å². The van der Waals surface area contributed by atoms with Crippen molar-refractivity contribution in [3.05, 3.63) is 58.6 Å². The van der Waals surface area contributed by atoms with Crippen molar-refractivity contribution in [2.24, 2.45) is 0 Å². The molecule has 1 N–H and O–H groups in total. The number of amides is 2. The van der Waals surface area contributed by atoms with Crippen LogP contribution in [0.3, 0.4) is 0 Å². The van der Waals surface area contributed by atoms with Gasteiger partial charge >= 0.3 is 5.97 Å². The Kier molecular flexibility index (Phi) is 5.23. The van der Waals surface area contributed by atoms with Crippen LogP contribution in [0.25, 0.3) is 0 Å². The van der Waals surface area contributed by atoms with E-state index in [1.807, 2.05) is 0 Å². The van der Waals surface area contributed by atoms with Gasteiger partial charge in [0.05, 0.1) is 23.4 Å². The van der Waals surface area contributed by atoms with E-state index in [2.05, 4.69) is 10.1 Å². The van der Waals surface area contributed by atoms with Gasteiger partial charge in [0.1, 0.15) is 0 Å². The Labute approximate surface area is 155 Å². The number of hydrogen-bond donors (Lipinski definition) is 1. The molecular weight excluding hydrogens is 356 g/mol. The van der Waals surface area contributed by atoms with E-state index in [-0.39, 0.29) is 11.8 Å². The van der Waals surface area contributed by atoms with Crippen LogP contribution in [0.15, 0.2) is 42.5 Å². The van der Waals surface area contributed by atoms with Crippen molar-refractivity contribution in [3.63, 3.8) is 0 Å². The van der Waals surface area contributed by atoms with Gasteiger partial charge in [-0.3, -0.25) is 9.59 Å². The first kappa shape index (κ1) is 17.9. The number of methoxy groups -OCH3 is 1. The molecule has 1 aliphatic rings. The number of nitrogens with zero attached hydrogens (tertiary/aromatic N) is 1. The summed E-state index contributed by atoms with van der Waals surface area (Å²) in [6.45, 7) is 0.596. The molecule has 1 heterocycles. The van der Waals surface area contributed by atoms with Crippen molar-refractivity contribution in [3.8, 4) is 0 Å². The molecule has 0 aromatic heterocycles. The van der Waals surface area contributed by atoms with Crippen molar-refractivity contribution in [1.29, 1.82) is 0 Å². The molecular formula is C19H17ClN2O4. The summed E-state index contributed by atoms with van der Waals surface area (Å²) in [6.07, 6.45) is 1.26. The van der Waals surface area contributed by atoms with Gasteiger partial charge in [-0.2, -0.15) is 0 Å². The van der Waals surface area contributed by atoms with Gasteiger partial charge in [0.2, 0.25) is 5.91 Å². The van der Waals surface area contributed by atoms with Crippen molar-refractivity contribution in [2.45, 2.75) is 12.8 Å². The van der Waals surface area contributed by atoms with Crippen LogP contribution in [0.5, 0.6) is 0 Å². The van der Waals surface area contributed by atoms with E-state index in [4.69, 9.17) is 11.6 Å². The number of hydrogen-bond acceptors (Lipinski definition) is 4. The summed E-state index contributed by atoms with van der Waals surface area (Å²) in [5, 5.41) is 3.18. The van der Waals surface area contributed by atoms with Crippen LogP contribution in [0.4, 0.5) is 11.4 Å². The van der Waals surface area contributed by atoms with Crippen LogP contribution in [-0.4, -0.2) is 31.4 Å². The number of nitrogens with one attached hydrogen (secondary N) is 1. The fourth-order valence-corrected chi connectivity index (χ4v) is 2.99. The lowest BCUT2D eigenvalue weighted by Crippen LogP contribution is -2.24. The average molecular weight is 373 g/mol. The van der Waals surface area contributed by atoms with Gasteiger partial charge in [-0.25, -0.2) is 4.79 Å². The lowest BCUT2D eigenvalue weighted by Gasteiger charge is -2.18. The zero-order valence-electron chi connectivity index (χ0n) is 14.1. The number of rotatable bonds is 4. The standard InChI is InChI=1S/C19H17ClN2O4/c1-26-19(25)12-4-7-14(8-5-12)21-18(24)13-6-9-15(20)16(11-13)22-10-2-3-17(22)23/h4-9,11H,2-3,10H2,1H3,(H,21,24). The highest BCUT2D eigenvalue weighted by Gasteiger charge is 2.24. The highest BCUT2D eigenvalue weighted by atomic mass is 35.5. The maximum atomic E-state index is 12.5. The first-order chi connectivity index (χ1) is 12.5. The van der Waals surface area contributed by atoms with E-state index in [0.717, 1.165) is 6.42 Å². The SMILES string of the molecule is COC(=O)c1ccc(NC(=O)c2ccc(Cl)c(N3CCCC3=O)c2)cc1. The highest BCUT2D eigenvalue weighted by molar-refractivity contribution is 6.34. The summed E-state index contributed by atoms with van der Waals surface area (Å²) in [4.78, 5) is 37.5. The van der Waals surface area contributed by atoms with E-state index in [9.17, 15) is 14.4 Å². The third kappa shape index (κ3) is 3.70. The predicted octanol–water partition coefficient (Wildman–Crippen LogP) is 3.51. The second-order valence-electron chi connectivity index (χ2n) is 5.84. The van der Waals surface area contributed by atoms with Crippen LogP contribution < -0.4 is 10.2 Å². The molecule has 0 unspecified atom stereocenters. The van der Waals surface area contributed by atoms with Gasteiger partial charge in [0, 0.05) is 24.2 Å². The molecule has 0 spiro atoms. The third-order valence-corrected chi connectivity index (χ3v) is 4.46. The normalized spacial score (nSPS) is 13.6. The molecule has 26 heavy (non-hydrogen) atoms. The lowest BCUT2D eigenvalue weighted by molar-refractivity contribution is -0.117. The number of carbonyl (C=O) groups excluding carboxylic acids is 3. The molecule has 7 heteroatoms. The van der Waals surface area contributed by atoms with Gasteiger partial charge in [0.25, 0.3) is 5.91 Å². The Hall–Kier alpha value is -2.86. The number of esters is 1. The summed E-state index contributed by atoms with van der Waals surface area (Å²) < 4.78 is 4.64. The Morgan fingerprint density at radius 3 is 2.42 bits per heavy atom. The van der Waals surface area contributed by atoms with E-state index in [0.29, 0.717) is 40.5 Å². The Morgan fingerprint density at radius 1 is 1.12 bits per heavy atom. The number of anilines is 2. The topological polar surface area (TPSA) is 75.7 Å².